The summed E-state index contributed by atoms with van der Waals surface area (Å²) >= 11 is 0. The molecule has 0 radical (unpaired) electrons. The number of carbonyl (C=O) groups excluding carboxylic acids is 1. The molecule has 1 heterocycles. The summed E-state index contributed by atoms with van der Waals surface area (Å²) in [5, 5.41) is 3.99. The highest BCUT2D eigenvalue weighted by Crippen LogP contribution is 2.11. The smallest absolute Gasteiger partial charge is 0.244 e. The second-order valence-electron chi connectivity index (χ2n) is 4.95. The zero-order chi connectivity index (χ0) is 15.2. The topological polar surface area (TPSA) is 73.4 Å². The van der Waals surface area contributed by atoms with E-state index in [0.717, 1.165) is 5.75 Å². The Hall–Kier alpha value is -2.50. The van der Waals surface area contributed by atoms with Gasteiger partial charge in [-0.2, -0.15) is 5.10 Å². The highest BCUT2D eigenvalue weighted by Gasteiger charge is 2.10. The van der Waals surface area contributed by atoms with Gasteiger partial charge in [0.1, 0.15) is 18.9 Å². The van der Waals surface area contributed by atoms with Gasteiger partial charge in [-0.05, 0) is 19.1 Å². The van der Waals surface area contributed by atoms with Crippen LogP contribution in [0.25, 0.3) is 0 Å². The SMILES string of the molecule is Cc1ccc(OCCN(C)C(=O)Cn2cc(N)cn2)cc1. The number of nitrogens with two attached hydrogens (primary N) is 1. The van der Waals surface area contributed by atoms with Crippen LogP contribution in [-0.2, 0) is 11.3 Å². The summed E-state index contributed by atoms with van der Waals surface area (Å²) < 4.78 is 7.12. The van der Waals surface area contributed by atoms with Gasteiger partial charge in [0.05, 0.1) is 18.4 Å². The Balaban J connectivity index is 1.74. The maximum atomic E-state index is 12.0. The van der Waals surface area contributed by atoms with Crippen LogP contribution in [0.4, 0.5) is 5.69 Å². The quantitative estimate of drug-likeness (QED) is 0.870. The molecule has 0 aliphatic carbocycles. The first-order valence-electron chi connectivity index (χ1n) is 6.76. The molecule has 0 atom stereocenters. The van der Waals surface area contributed by atoms with Gasteiger partial charge >= 0.3 is 0 Å². The van der Waals surface area contributed by atoms with Crippen LogP contribution in [-0.4, -0.2) is 40.8 Å². The van der Waals surface area contributed by atoms with Gasteiger partial charge in [-0.15, -0.1) is 0 Å². The van der Waals surface area contributed by atoms with Crippen molar-refractivity contribution in [1.82, 2.24) is 14.7 Å². The van der Waals surface area contributed by atoms with E-state index in [1.807, 2.05) is 31.2 Å². The van der Waals surface area contributed by atoms with E-state index in [1.54, 1.807) is 18.1 Å². The third kappa shape index (κ3) is 4.52. The minimum Gasteiger partial charge on any atom is -0.492 e. The highest BCUT2D eigenvalue weighted by molar-refractivity contribution is 5.75. The van der Waals surface area contributed by atoms with Crippen molar-refractivity contribution in [1.29, 1.82) is 0 Å². The summed E-state index contributed by atoms with van der Waals surface area (Å²) in [6.45, 7) is 3.17. The van der Waals surface area contributed by atoms with Crippen molar-refractivity contribution in [2.75, 3.05) is 25.9 Å². The summed E-state index contributed by atoms with van der Waals surface area (Å²) in [5.41, 5.74) is 7.29. The number of hydrogen-bond donors (Lipinski definition) is 1. The van der Waals surface area contributed by atoms with Gasteiger partial charge in [-0.3, -0.25) is 9.48 Å². The third-order valence-electron chi connectivity index (χ3n) is 3.09. The number of aryl methyl sites for hydroxylation is 1. The van der Waals surface area contributed by atoms with Crippen molar-refractivity contribution in [3.05, 3.63) is 42.2 Å². The molecule has 0 bridgehead atoms. The molecule has 1 amide bonds. The molecule has 6 nitrogen and oxygen atoms in total. The summed E-state index contributed by atoms with van der Waals surface area (Å²) in [5.74, 6) is 0.770. The summed E-state index contributed by atoms with van der Waals surface area (Å²) in [7, 11) is 1.74. The van der Waals surface area contributed by atoms with Crippen LogP contribution >= 0.6 is 0 Å². The Morgan fingerprint density at radius 2 is 2.10 bits per heavy atom. The fourth-order valence-electron chi connectivity index (χ4n) is 1.78. The highest BCUT2D eigenvalue weighted by atomic mass is 16.5. The number of nitrogen functional groups attached to an aromatic ring is 1. The number of carbonyl (C=O) groups is 1. The molecule has 21 heavy (non-hydrogen) atoms. The van der Waals surface area contributed by atoms with E-state index in [-0.39, 0.29) is 12.5 Å². The van der Waals surface area contributed by atoms with E-state index in [2.05, 4.69) is 5.10 Å². The van der Waals surface area contributed by atoms with Crippen LogP contribution in [0.5, 0.6) is 5.75 Å². The molecule has 0 aliphatic heterocycles. The maximum absolute atomic E-state index is 12.0. The number of likely N-dealkylation sites (N-methyl/N-ethyl adjacent to an activating group) is 1. The van der Waals surface area contributed by atoms with E-state index < -0.39 is 0 Å². The predicted octanol–water partition coefficient (Wildman–Crippen LogP) is 1.31. The van der Waals surface area contributed by atoms with Crippen LogP contribution in [0.15, 0.2) is 36.7 Å². The molecule has 1 aromatic carbocycles. The number of amides is 1. The number of benzene rings is 1. The lowest BCUT2D eigenvalue weighted by atomic mass is 10.2. The second kappa shape index (κ2) is 6.78. The lowest BCUT2D eigenvalue weighted by Crippen LogP contribution is -2.33. The Labute approximate surface area is 124 Å². The molecule has 0 unspecified atom stereocenters. The molecule has 0 saturated carbocycles. The van der Waals surface area contributed by atoms with Crippen molar-refractivity contribution < 1.29 is 9.53 Å². The Morgan fingerprint density at radius 1 is 1.38 bits per heavy atom. The normalized spacial score (nSPS) is 10.4. The molecule has 0 saturated heterocycles. The van der Waals surface area contributed by atoms with Crippen LogP contribution < -0.4 is 10.5 Å². The lowest BCUT2D eigenvalue weighted by molar-refractivity contribution is -0.131. The summed E-state index contributed by atoms with van der Waals surface area (Å²) in [6.07, 6.45) is 3.16. The van der Waals surface area contributed by atoms with E-state index in [9.17, 15) is 4.79 Å². The average Bonchev–Trinajstić information content (AvgIpc) is 2.86. The van der Waals surface area contributed by atoms with Crippen molar-refractivity contribution in [3.8, 4) is 5.75 Å². The number of hydrogen-bond acceptors (Lipinski definition) is 4. The lowest BCUT2D eigenvalue weighted by Gasteiger charge is -2.17. The van der Waals surface area contributed by atoms with Crippen LogP contribution in [0.3, 0.4) is 0 Å². The first-order chi connectivity index (χ1) is 10.0. The van der Waals surface area contributed by atoms with Gasteiger partial charge in [0.2, 0.25) is 5.91 Å². The largest absolute Gasteiger partial charge is 0.492 e. The van der Waals surface area contributed by atoms with E-state index in [1.165, 1.54) is 16.4 Å². The fraction of sp³-hybridized carbons (Fsp3) is 0.333. The second-order valence-corrected chi connectivity index (χ2v) is 4.95. The zero-order valence-corrected chi connectivity index (χ0v) is 12.3. The standard InChI is InChI=1S/C15H20N4O2/c1-12-3-5-14(6-4-12)21-8-7-18(2)15(20)11-19-10-13(16)9-17-19/h3-6,9-10H,7-8,11,16H2,1-2H3. The molecular formula is C15H20N4O2. The molecular weight excluding hydrogens is 268 g/mol. The minimum absolute atomic E-state index is 0.0365. The van der Waals surface area contributed by atoms with Gasteiger partial charge in [-0.25, -0.2) is 0 Å². The number of rotatable bonds is 6. The number of ether oxygens (including phenoxy) is 1. The molecule has 0 fully saturated rings. The van der Waals surface area contributed by atoms with Crippen LogP contribution in [0, 0.1) is 6.92 Å². The Bertz CT molecular complexity index is 592. The van der Waals surface area contributed by atoms with Gasteiger partial charge in [0.25, 0.3) is 0 Å². The van der Waals surface area contributed by atoms with Crippen molar-refractivity contribution >= 4 is 11.6 Å². The summed E-state index contributed by atoms with van der Waals surface area (Å²) in [6, 6.07) is 7.83. The van der Waals surface area contributed by atoms with Crippen LogP contribution in [0.1, 0.15) is 5.56 Å². The molecule has 0 spiro atoms. The van der Waals surface area contributed by atoms with Crippen molar-refractivity contribution in [2.24, 2.45) is 0 Å². The third-order valence-corrected chi connectivity index (χ3v) is 3.09. The molecule has 2 N–H and O–H groups in total. The fourth-order valence-corrected chi connectivity index (χ4v) is 1.78. The molecule has 1 aromatic heterocycles. The van der Waals surface area contributed by atoms with Crippen LogP contribution in [0.2, 0.25) is 0 Å². The van der Waals surface area contributed by atoms with Crippen molar-refractivity contribution in [2.45, 2.75) is 13.5 Å². The minimum atomic E-state index is -0.0365. The van der Waals surface area contributed by atoms with Gasteiger partial charge in [0, 0.05) is 13.2 Å². The predicted molar refractivity (Wildman–Crippen MR) is 81.0 cm³/mol. The number of anilines is 1. The summed E-state index contributed by atoms with van der Waals surface area (Å²) in [4.78, 5) is 13.6. The Kier molecular flexibility index (Phi) is 4.81. The molecule has 2 aromatic rings. The van der Waals surface area contributed by atoms with E-state index in [0.29, 0.717) is 18.8 Å². The molecule has 2 rings (SSSR count). The average molecular weight is 288 g/mol. The first kappa shape index (κ1) is 14.9. The van der Waals surface area contributed by atoms with Crippen molar-refractivity contribution in [3.63, 3.8) is 0 Å². The number of nitrogens with zero attached hydrogens (tertiary/aromatic N) is 3. The molecule has 6 heteroatoms. The first-order valence-corrected chi connectivity index (χ1v) is 6.76. The maximum Gasteiger partial charge on any atom is 0.244 e. The molecule has 0 aliphatic rings. The van der Waals surface area contributed by atoms with E-state index >= 15 is 0 Å². The van der Waals surface area contributed by atoms with Gasteiger partial charge in [-0.1, -0.05) is 17.7 Å². The van der Waals surface area contributed by atoms with Gasteiger partial charge < -0.3 is 15.4 Å². The van der Waals surface area contributed by atoms with E-state index in [4.69, 9.17) is 10.5 Å². The Morgan fingerprint density at radius 3 is 2.71 bits per heavy atom. The zero-order valence-electron chi connectivity index (χ0n) is 12.3. The van der Waals surface area contributed by atoms with Gasteiger partial charge in [0.15, 0.2) is 0 Å². The monoisotopic (exact) mass is 288 g/mol. The molecule has 112 valence electrons. The number of aromatic nitrogens is 2.